The number of hydrogen-bond donors (Lipinski definition) is 1. The van der Waals surface area contributed by atoms with Crippen molar-refractivity contribution in [1.82, 2.24) is 9.97 Å². The molecule has 0 amide bonds. The number of H-pyrrole nitrogens is 1. The van der Waals surface area contributed by atoms with Gasteiger partial charge in [-0.3, -0.25) is 14.4 Å². The summed E-state index contributed by atoms with van der Waals surface area (Å²) in [6, 6.07) is 0.289. The molecular weight excluding hydrogens is 313 g/mol. The molecule has 0 aliphatic carbocycles. The second-order valence-corrected chi connectivity index (χ2v) is 4.89. The number of Topliss-reactive ketones (excluding diaryl/α,β-unsaturated/α-hetero) is 1. The van der Waals surface area contributed by atoms with E-state index >= 15 is 0 Å². The first-order valence-electron chi connectivity index (χ1n) is 5.67. The van der Waals surface area contributed by atoms with Crippen LogP contribution in [0.3, 0.4) is 0 Å². The van der Waals surface area contributed by atoms with Crippen LogP contribution in [-0.4, -0.2) is 33.6 Å². The number of rotatable bonds is 5. The Bertz CT molecular complexity index is 600. The summed E-state index contributed by atoms with van der Waals surface area (Å²) in [7, 11) is 0. The first-order valence-corrected chi connectivity index (χ1v) is 6.55. The summed E-state index contributed by atoms with van der Waals surface area (Å²) in [5, 5.41) is -1.88. The number of aromatic nitrogens is 2. The summed E-state index contributed by atoms with van der Waals surface area (Å²) in [5.41, 5.74) is -2.44. The van der Waals surface area contributed by atoms with Gasteiger partial charge in [-0.25, -0.2) is 4.98 Å². The van der Waals surface area contributed by atoms with Crippen LogP contribution in [0.25, 0.3) is 0 Å². The first-order chi connectivity index (χ1) is 9.65. The quantitative estimate of drug-likeness (QED) is 0.381. The Morgan fingerprint density at radius 3 is 2.57 bits per heavy atom. The lowest BCUT2D eigenvalue weighted by Gasteiger charge is -2.12. The van der Waals surface area contributed by atoms with Crippen molar-refractivity contribution in [3.05, 3.63) is 22.1 Å². The van der Waals surface area contributed by atoms with E-state index in [4.69, 9.17) is 0 Å². The van der Waals surface area contributed by atoms with Crippen molar-refractivity contribution >= 4 is 23.5 Å². The SMILES string of the molecule is CCOC(=O)[C@@H](Sc1nc(C(F)(F)F)cc(=O)[nH]1)C(C)=O. The molecule has 0 bridgehead atoms. The highest BCUT2D eigenvalue weighted by molar-refractivity contribution is 8.01. The van der Waals surface area contributed by atoms with Crippen LogP contribution >= 0.6 is 11.8 Å². The minimum absolute atomic E-state index is 0.00964. The molecule has 0 aliphatic heterocycles. The Morgan fingerprint density at radius 1 is 1.48 bits per heavy atom. The van der Waals surface area contributed by atoms with E-state index in [-0.39, 0.29) is 12.7 Å². The van der Waals surface area contributed by atoms with Crippen LogP contribution < -0.4 is 5.56 Å². The van der Waals surface area contributed by atoms with Crippen LogP contribution in [-0.2, 0) is 20.5 Å². The highest BCUT2D eigenvalue weighted by Crippen LogP contribution is 2.28. The predicted molar refractivity (Wildman–Crippen MR) is 66.8 cm³/mol. The summed E-state index contributed by atoms with van der Waals surface area (Å²) in [4.78, 5) is 39.3. The molecule has 116 valence electrons. The summed E-state index contributed by atoms with van der Waals surface area (Å²) < 4.78 is 42.3. The predicted octanol–water partition coefficient (Wildman–Crippen LogP) is 1.40. The van der Waals surface area contributed by atoms with Crippen molar-refractivity contribution in [1.29, 1.82) is 0 Å². The van der Waals surface area contributed by atoms with Gasteiger partial charge in [0.05, 0.1) is 6.61 Å². The van der Waals surface area contributed by atoms with Crippen LogP contribution in [0.4, 0.5) is 13.2 Å². The Kier molecular flexibility index (Phi) is 5.53. The number of alkyl halides is 3. The summed E-state index contributed by atoms with van der Waals surface area (Å²) >= 11 is 0.399. The van der Waals surface area contributed by atoms with Crippen molar-refractivity contribution in [3.63, 3.8) is 0 Å². The number of esters is 1. The van der Waals surface area contributed by atoms with Gasteiger partial charge in [-0.15, -0.1) is 0 Å². The average Bonchev–Trinajstić information content (AvgIpc) is 2.34. The number of halogens is 3. The normalized spacial score (nSPS) is 12.8. The van der Waals surface area contributed by atoms with Gasteiger partial charge in [0.1, 0.15) is 0 Å². The third-order valence-electron chi connectivity index (χ3n) is 2.11. The fraction of sp³-hybridized carbons (Fsp3) is 0.455. The van der Waals surface area contributed by atoms with Gasteiger partial charge >= 0.3 is 12.1 Å². The Labute approximate surface area is 121 Å². The maximum absolute atomic E-state index is 12.5. The molecule has 1 N–H and O–H groups in total. The molecule has 0 fully saturated rings. The van der Waals surface area contributed by atoms with Crippen LogP contribution in [0, 0.1) is 0 Å². The standard InChI is InChI=1S/C11H11F3N2O4S/c1-3-20-9(19)8(5(2)17)21-10-15-6(11(12,13)14)4-7(18)16-10/h4,8H,3H2,1-2H3,(H,15,16,18)/t8-/m0/s1. The van der Waals surface area contributed by atoms with Crippen molar-refractivity contribution in [2.24, 2.45) is 0 Å². The molecule has 1 aromatic rings. The molecule has 0 unspecified atom stereocenters. The first kappa shape index (κ1) is 17.2. The minimum atomic E-state index is -4.81. The second kappa shape index (κ2) is 6.74. The highest BCUT2D eigenvalue weighted by atomic mass is 32.2. The Balaban J connectivity index is 3.10. The molecule has 21 heavy (non-hydrogen) atoms. The maximum Gasteiger partial charge on any atom is 0.433 e. The fourth-order valence-electron chi connectivity index (χ4n) is 1.26. The van der Waals surface area contributed by atoms with E-state index in [2.05, 4.69) is 9.72 Å². The van der Waals surface area contributed by atoms with Gasteiger partial charge in [0.25, 0.3) is 5.56 Å². The van der Waals surface area contributed by atoms with Crippen molar-refractivity contribution in [2.75, 3.05) is 6.61 Å². The Hall–Kier alpha value is -1.84. The number of nitrogens with zero attached hydrogens (tertiary/aromatic N) is 1. The summed E-state index contributed by atoms with van der Waals surface area (Å²) in [6.07, 6.45) is -4.81. The van der Waals surface area contributed by atoms with Gasteiger partial charge in [0, 0.05) is 6.07 Å². The van der Waals surface area contributed by atoms with E-state index in [1.165, 1.54) is 6.92 Å². The molecule has 1 atom stereocenters. The molecule has 1 rings (SSSR count). The van der Waals surface area contributed by atoms with Gasteiger partial charge in [-0.2, -0.15) is 13.2 Å². The van der Waals surface area contributed by atoms with E-state index in [1.807, 2.05) is 4.98 Å². The Morgan fingerprint density at radius 2 is 2.10 bits per heavy atom. The molecule has 6 nitrogen and oxygen atoms in total. The molecule has 0 aliphatic rings. The molecule has 0 saturated carbocycles. The van der Waals surface area contributed by atoms with E-state index in [0.29, 0.717) is 11.8 Å². The molecule has 0 aromatic carbocycles. The number of ketones is 1. The fourth-order valence-corrected chi connectivity index (χ4v) is 2.13. The largest absolute Gasteiger partial charge is 0.465 e. The van der Waals surface area contributed by atoms with E-state index < -0.39 is 39.6 Å². The lowest BCUT2D eigenvalue weighted by Crippen LogP contribution is -2.28. The molecule has 0 saturated heterocycles. The number of nitrogens with one attached hydrogen (secondary N) is 1. The second-order valence-electron chi connectivity index (χ2n) is 3.79. The minimum Gasteiger partial charge on any atom is -0.465 e. The number of thioether (sulfide) groups is 1. The number of aromatic amines is 1. The highest BCUT2D eigenvalue weighted by Gasteiger charge is 2.34. The zero-order valence-corrected chi connectivity index (χ0v) is 11.8. The molecule has 0 radical (unpaired) electrons. The smallest absolute Gasteiger partial charge is 0.433 e. The van der Waals surface area contributed by atoms with Crippen molar-refractivity contribution in [2.45, 2.75) is 30.4 Å². The van der Waals surface area contributed by atoms with E-state index in [0.717, 1.165) is 6.92 Å². The van der Waals surface area contributed by atoms with Crippen LogP contribution in [0.5, 0.6) is 0 Å². The number of hydrogen-bond acceptors (Lipinski definition) is 6. The van der Waals surface area contributed by atoms with Gasteiger partial charge in [0.15, 0.2) is 21.9 Å². The van der Waals surface area contributed by atoms with Gasteiger partial charge in [0.2, 0.25) is 0 Å². The third-order valence-corrected chi connectivity index (χ3v) is 3.29. The van der Waals surface area contributed by atoms with E-state index in [1.54, 1.807) is 0 Å². The molecule has 1 aromatic heterocycles. The molecular formula is C11H11F3N2O4S. The topological polar surface area (TPSA) is 89.1 Å². The number of ether oxygens (including phenoxy) is 1. The lowest BCUT2D eigenvalue weighted by molar-refractivity contribution is -0.144. The van der Waals surface area contributed by atoms with Gasteiger partial charge in [-0.1, -0.05) is 11.8 Å². The van der Waals surface area contributed by atoms with Gasteiger partial charge < -0.3 is 9.72 Å². The molecule has 0 spiro atoms. The third kappa shape index (κ3) is 4.88. The van der Waals surface area contributed by atoms with Crippen LogP contribution in [0.1, 0.15) is 19.5 Å². The zero-order valence-electron chi connectivity index (χ0n) is 11.0. The van der Waals surface area contributed by atoms with Crippen LogP contribution in [0.15, 0.2) is 16.0 Å². The van der Waals surface area contributed by atoms with Crippen molar-refractivity contribution in [3.8, 4) is 0 Å². The van der Waals surface area contributed by atoms with Crippen molar-refractivity contribution < 1.29 is 27.5 Å². The average molecular weight is 324 g/mol. The number of carbonyl (C=O) groups is 2. The molecule has 1 heterocycles. The number of carbonyl (C=O) groups excluding carboxylic acids is 2. The lowest BCUT2D eigenvalue weighted by atomic mass is 10.3. The summed E-state index contributed by atoms with van der Waals surface area (Å²) in [6.45, 7) is 2.61. The maximum atomic E-state index is 12.5. The summed E-state index contributed by atoms with van der Waals surface area (Å²) in [5.74, 6) is -1.53. The van der Waals surface area contributed by atoms with E-state index in [9.17, 15) is 27.6 Å². The zero-order chi connectivity index (χ0) is 16.2. The van der Waals surface area contributed by atoms with Crippen LogP contribution in [0.2, 0.25) is 0 Å². The molecule has 10 heteroatoms. The van der Waals surface area contributed by atoms with Gasteiger partial charge in [-0.05, 0) is 13.8 Å². The monoisotopic (exact) mass is 324 g/mol.